The summed E-state index contributed by atoms with van der Waals surface area (Å²) in [6, 6.07) is 3.95. The van der Waals surface area contributed by atoms with Crippen LogP contribution in [0.4, 0.5) is 0 Å². The molecular weight excluding hydrogens is 322 g/mol. The van der Waals surface area contributed by atoms with Crippen molar-refractivity contribution < 1.29 is 18.3 Å². The fourth-order valence-corrected chi connectivity index (χ4v) is 3.95. The number of carboxylic acids is 1. The Bertz CT molecular complexity index is 552. The Hall–Kier alpha value is -0.920. The van der Waals surface area contributed by atoms with E-state index < -0.39 is 16.0 Å². The van der Waals surface area contributed by atoms with Crippen molar-refractivity contribution in [3.8, 4) is 0 Å². The highest BCUT2D eigenvalue weighted by Gasteiger charge is 2.25. The zero-order valence-electron chi connectivity index (χ0n) is 10.1. The lowest BCUT2D eigenvalue weighted by atomic mass is 10.2. The van der Waals surface area contributed by atoms with E-state index in [1.165, 1.54) is 22.5 Å². The molecule has 0 atom stereocenters. The summed E-state index contributed by atoms with van der Waals surface area (Å²) < 4.78 is 26.2. The van der Waals surface area contributed by atoms with E-state index >= 15 is 0 Å². The lowest BCUT2D eigenvalue weighted by Gasteiger charge is -2.19. The Morgan fingerprint density at radius 2 is 1.89 bits per heavy atom. The van der Waals surface area contributed by atoms with Gasteiger partial charge in [0.1, 0.15) is 0 Å². The van der Waals surface area contributed by atoms with Gasteiger partial charge in [-0.1, -0.05) is 13.8 Å². The molecule has 0 aliphatic heterocycles. The summed E-state index contributed by atoms with van der Waals surface area (Å²) in [6.07, 6.45) is 0. The summed E-state index contributed by atoms with van der Waals surface area (Å²) >= 11 is 3.14. The zero-order chi connectivity index (χ0) is 13.9. The molecule has 0 saturated carbocycles. The summed E-state index contributed by atoms with van der Waals surface area (Å²) in [5.74, 6) is -1.15. The lowest BCUT2D eigenvalue weighted by molar-refractivity contribution is 0.0696. The number of nitrogens with zero attached hydrogens (tertiary/aromatic N) is 1. The van der Waals surface area contributed by atoms with Crippen molar-refractivity contribution in [2.75, 3.05) is 13.1 Å². The predicted molar refractivity (Wildman–Crippen MR) is 71.2 cm³/mol. The molecule has 0 fully saturated rings. The molecule has 1 N–H and O–H groups in total. The third-order valence-electron chi connectivity index (χ3n) is 2.50. The smallest absolute Gasteiger partial charge is 0.335 e. The van der Waals surface area contributed by atoms with Gasteiger partial charge in [-0.25, -0.2) is 13.2 Å². The Kier molecular flexibility index (Phi) is 4.89. The van der Waals surface area contributed by atoms with Gasteiger partial charge in [-0.3, -0.25) is 0 Å². The summed E-state index contributed by atoms with van der Waals surface area (Å²) in [5, 5.41) is 8.90. The van der Waals surface area contributed by atoms with Gasteiger partial charge in [-0.15, -0.1) is 0 Å². The molecule has 18 heavy (non-hydrogen) atoms. The van der Waals surface area contributed by atoms with E-state index in [9.17, 15) is 13.2 Å². The molecule has 7 heteroatoms. The van der Waals surface area contributed by atoms with Crippen LogP contribution >= 0.6 is 15.9 Å². The molecule has 0 unspecified atom stereocenters. The van der Waals surface area contributed by atoms with Crippen LogP contribution in [-0.2, 0) is 10.0 Å². The zero-order valence-corrected chi connectivity index (χ0v) is 12.5. The SMILES string of the molecule is CCN(CC)S(=O)(=O)c1cc(C(=O)O)ccc1Br. The van der Waals surface area contributed by atoms with Crippen LogP contribution in [0, 0.1) is 0 Å². The van der Waals surface area contributed by atoms with Crippen LogP contribution in [0.15, 0.2) is 27.6 Å². The number of hydrogen-bond donors (Lipinski definition) is 1. The fraction of sp³-hybridized carbons (Fsp3) is 0.364. The molecule has 5 nitrogen and oxygen atoms in total. The van der Waals surface area contributed by atoms with Crippen LogP contribution < -0.4 is 0 Å². The highest BCUT2D eigenvalue weighted by molar-refractivity contribution is 9.10. The van der Waals surface area contributed by atoms with Gasteiger partial charge in [0.25, 0.3) is 0 Å². The van der Waals surface area contributed by atoms with E-state index in [0.29, 0.717) is 17.6 Å². The van der Waals surface area contributed by atoms with E-state index in [1.54, 1.807) is 13.8 Å². The molecule has 0 aromatic heterocycles. The number of sulfonamides is 1. The number of aromatic carboxylic acids is 1. The van der Waals surface area contributed by atoms with Crippen LogP contribution in [-0.4, -0.2) is 36.9 Å². The van der Waals surface area contributed by atoms with Gasteiger partial charge in [0.2, 0.25) is 10.0 Å². The monoisotopic (exact) mass is 335 g/mol. The van der Waals surface area contributed by atoms with Gasteiger partial charge >= 0.3 is 5.97 Å². The maximum absolute atomic E-state index is 12.3. The standard InChI is InChI=1S/C11H14BrNO4S/c1-3-13(4-2)18(16,17)10-7-8(11(14)15)5-6-9(10)12/h5-7H,3-4H2,1-2H3,(H,14,15). The molecule has 0 aliphatic carbocycles. The van der Waals surface area contributed by atoms with E-state index in [1.807, 2.05) is 0 Å². The minimum absolute atomic E-state index is 0.0221. The van der Waals surface area contributed by atoms with Crippen molar-refractivity contribution in [3.05, 3.63) is 28.2 Å². The first-order valence-electron chi connectivity index (χ1n) is 5.37. The summed E-state index contributed by atoms with van der Waals surface area (Å²) in [5.41, 5.74) is -0.0519. The molecule has 100 valence electrons. The number of benzene rings is 1. The molecule has 1 rings (SSSR count). The minimum atomic E-state index is -3.66. The largest absolute Gasteiger partial charge is 0.478 e. The summed E-state index contributed by atoms with van der Waals surface area (Å²) in [7, 11) is -3.66. The molecular formula is C11H14BrNO4S. The van der Waals surface area contributed by atoms with Crippen molar-refractivity contribution in [2.45, 2.75) is 18.7 Å². The molecule has 0 bridgehead atoms. The molecule has 0 aliphatic rings. The normalized spacial score (nSPS) is 11.8. The Morgan fingerprint density at radius 3 is 2.33 bits per heavy atom. The fourth-order valence-electron chi connectivity index (χ4n) is 1.54. The van der Waals surface area contributed by atoms with Crippen molar-refractivity contribution in [3.63, 3.8) is 0 Å². The third kappa shape index (κ3) is 2.90. The quantitative estimate of drug-likeness (QED) is 0.894. The van der Waals surface area contributed by atoms with E-state index in [2.05, 4.69) is 15.9 Å². The highest BCUT2D eigenvalue weighted by atomic mass is 79.9. The number of hydrogen-bond acceptors (Lipinski definition) is 3. The molecule has 1 aromatic rings. The first-order chi connectivity index (χ1) is 8.34. The average Bonchev–Trinajstić information content (AvgIpc) is 2.30. The number of halogens is 1. The average molecular weight is 336 g/mol. The van der Waals surface area contributed by atoms with E-state index in [0.717, 1.165) is 0 Å². The molecule has 1 aromatic carbocycles. The summed E-state index contributed by atoms with van der Waals surface area (Å²) in [6.45, 7) is 4.14. The number of carboxylic acid groups (broad SMARTS) is 1. The summed E-state index contributed by atoms with van der Waals surface area (Å²) in [4.78, 5) is 10.9. The third-order valence-corrected chi connectivity index (χ3v) is 5.55. The molecule has 0 amide bonds. The van der Waals surface area contributed by atoms with Crippen molar-refractivity contribution >= 4 is 31.9 Å². The second-order valence-electron chi connectivity index (χ2n) is 3.54. The number of rotatable bonds is 5. The Labute approximate surface area is 115 Å². The number of carbonyl (C=O) groups is 1. The Morgan fingerprint density at radius 1 is 1.33 bits per heavy atom. The van der Waals surface area contributed by atoms with Crippen molar-refractivity contribution in [1.29, 1.82) is 0 Å². The lowest BCUT2D eigenvalue weighted by Crippen LogP contribution is -2.31. The first kappa shape index (κ1) is 15.1. The van der Waals surface area contributed by atoms with Gasteiger partial charge in [0.15, 0.2) is 0 Å². The predicted octanol–water partition coefficient (Wildman–Crippen LogP) is 2.18. The van der Waals surface area contributed by atoms with Crippen LogP contribution in [0.3, 0.4) is 0 Å². The van der Waals surface area contributed by atoms with Crippen LogP contribution in [0.2, 0.25) is 0 Å². The highest BCUT2D eigenvalue weighted by Crippen LogP contribution is 2.26. The second-order valence-corrected chi connectivity index (χ2v) is 6.30. The van der Waals surface area contributed by atoms with Gasteiger partial charge in [0.05, 0.1) is 10.5 Å². The maximum atomic E-state index is 12.3. The van der Waals surface area contributed by atoms with Crippen molar-refractivity contribution in [2.24, 2.45) is 0 Å². The van der Waals surface area contributed by atoms with Gasteiger partial charge < -0.3 is 5.11 Å². The Balaban J connectivity index is 3.40. The van der Waals surface area contributed by atoms with Gasteiger partial charge in [0, 0.05) is 17.6 Å². The first-order valence-corrected chi connectivity index (χ1v) is 7.60. The van der Waals surface area contributed by atoms with Gasteiger partial charge in [-0.2, -0.15) is 4.31 Å². The van der Waals surface area contributed by atoms with E-state index in [4.69, 9.17) is 5.11 Å². The van der Waals surface area contributed by atoms with Crippen LogP contribution in [0.5, 0.6) is 0 Å². The maximum Gasteiger partial charge on any atom is 0.335 e. The van der Waals surface area contributed by atoms with Crippen LogP contribution in [0.1, 0.15) is 24.2 Å². The second kappa shape index (κ2) is 5.81. The molecule has 0 radical (unpaired) electrons. The van der Waals surface area contributed by atoms with E-state index in [-0.39, 0.29) is 10.5 Å². The molecule has 0 heterocycles. The minimum Gasteiger partial charge on any atom is -0.478 e. The van der Waals surface area contributed by atoms with Gasteiger partial charge in [-0.05, 0) is 34.1 Å². The topological polar surface area (TPSA) is 74.7 Å². The van der Waals surface area contributed by atoms with Crippen molar-refractivity contribution in [1.82, 2.24) is 4.31 Å². The molecule has 0 spiro atoms. The van der Waals surface area contributed by atoms with Crippen LogP contribution in [0.25, 0.3) is 0 Å². The molecule has 0 saturated heterocycles.